The molecule has 2 aromatic rings. The highest BCUT2D eigenvalue weighted by Crippen LogP contribution is 2.32. The molecule has 4 rings (SSSR count). The van der Waals surface area contributed by atoms with Crippen LogP contribution < -0.4 is 4.74 Å². The first-order chi connectivity index (χ1) is 11.8. The first-order valence-corrected chi connectivity index (χ1v) is 8.92. The molecular weight excluding hydrogens is 298 g/mol. The van der Waals surface area contributed by atoms with Gasteiger partial charge in [0.15, 0.2) is 0 Å². The van der Waals surface area contributed by atoms with Gasteiger partial charge in [-0.25, -0.2) is 0 Å². The summed E-state index contributed by atoms with van der Waals surface area (Å²) < 4.78 is 5.96. The average molecular weight is 321 g/mol. The van der Waals surface area contributed by atoms with E-state index in [1.165, 1.54) is 17.5 Å². The number of amides is 1. The maximum Gasteiger partial charge on any atom is 0.226 e. The monoisotopic (exact) mass is 321 g/mol. The number of hydrogen-bond acceptors (Lipinski definition) is 2. The largest absolute Gasteiger partial charge is 0.492 e. The van der Waals surface area contributed by atoms with Crippen molar-refractivity contribution in [3.63, 3.8) is 0 Å². The van der Waals surface area contributed by atoms with Crippen molar-refractivity contribution in [1.29, 1.82) is 0 Å². The van der Waals surface area contributed by atoms with Gasteiger partial charge < -0.3 is 9.64 Å². The molecule has 2 aliphatic rings. The number of nitrogens with zero attached hydrogens (tertiary/aromatic N) is 1. The number of carbonyl (C=O) groups excluding carboxylic acids is 1. The minimum absolute atomic E-state index is 0.230. The van der Waals surface area contributed by atoms with Crippen LogP contribution in [0.15, 0.2) is 48.5 Å². The molecule has 0 radical (unpaired) electrons. The van der Waals surface area contributed by atoms with Crippen molar-refractivity contribution in [2.24, 2.45) is 0 Å². The van der Waals surface area contributed by atoms with Crippen molar-refractivity contribution < 1.29 is 9.53 Å². The molecular formula is C21H23NO2. The second-order valence-electron chi connectivity index (χ2n) is 6.74. The Labute approximate surface area is 143 Å². The third kappa shape index (κ3) is 3.03. The quantitative estimate of drug-likeness (QED) is 0.732. The normalized spacial score (nSPS) is 20.9. The Bertz CT molecular complexity index is 740. The van der Waals surface area contributed by atoms with Crippen molar-refractivity contribution in [2.45, 2.75) is 38.1 Å². The number of hydrogen-bond donors (Lipinski definition) is 0. The van der Waals surface area contributed by atoms with E-state index in [4.69, 9.17) is 4.74 Å². The Kier molecular flexibility index (Phi) is 4.24. The number of benzene rings is 2. The van der Waals surface area contributed by atoms with Gasteiger partial charge in [0.25, 0.3) is 0 Å². The first-order valence-electron chi connectivity index (χ1n) is 8.92. The van der Waals surface area contributed by atoms with Crippen LogP contribution in [0.5, 0.6) is 5.75 Å². The lowest BCUT2D eigenvalue weighted by Crippen LogP contribution is -2.45. The Morgan fingerprint density at radius 2 is 1.96 bits per heavy atom. The molecule has 1 saturated heterocycles. The zero-order valence-corrected chi connectivity index (χ0v) is 13.9. The Morgan fingerprint density at radius 1 is 1.04 bits per heavy atom. The summed E-state index contributed by atoms with van der Waals surface area (Å²) in [5.74, 6) is 1.09. The van der Waals surface area contributed by atoms with Crippen LogP contribution in [0, 0.1) is 0 Å². The molecule has 1 atom stereocenters. The molecule has 1 amide bonds. The Hall–Kier alpha value is -2.29. The van der Waals surface area contributed by atoms with Gasteiger partial charge in [-0.05, 0) is 42.9 Å². The maximum atomic E-state index is 12.6. The number of fused-ring (bicyclic) bond motifs is 5. The van der Waals surface area contributed by atoms with Crippen LogP contribution in [-0.2, 0) is 11.2 Å². The lowest BCUT2D eigenvalue weighted by molar-refractivity contribution is -0.135. The van der Waals surface area contributed by atoms with Crippen molar-refractivity contribution in [1.82, 2.24) is 4.90 Å². The van der Waals surface area contributed by atoms with Crippen LogP contribution in [0.4, 0.5) is 0 Å². The fourth-order valence-corrected chi connectivity index (χ4v) is 3.90. The van der Waals surface area contributed by atoms with Crippen molar-refractivity contribution in [3.8, 4) is 16.9 Å². The molecule has 2 bridgehead atoms. The van der Waals surface area contributed by atoms with Crippen LogP contribution in [0.3, 0.4) is 0 Å². The van der Waals surface area contributed by atoms with Gasteiger partial charge in [0, 0.05) is 18.2 Å². The minimum atomic E-state index is 0.230. The molecule has 0 unspecified atom stereocenters. The van der Waals surface area contributed by atoms with E-state index >= 15 is 0 Å². The Balaban J connectivity index is 1.74. The summed E-state index contributed by atoms with van der Waals surface area (Å²) in [6, 6.07) is 17.1. The van der Waals surface area contributed by atoms with Gasteiger partial charge in [-0.1, -0.05) is 42.5 Å². The topological polar surface area (TPSA) is 29.5 Å². The third-order valence-corrected chi connectivity index (χ3v) is 5.12. The molecule has 0 N–H and O–H groups in total. The summed E-state index contributed by atoms with van der Waals surface area (Å²) in [5, 5.41) is 0. The van der Waals surface area contributed by atoms with E-state index in [0.29, 0.717) is 19.1 Å². The number of carbonyl (C=O) groups is 1. The molecule has 3 nitrogen and oxygen atoms in total. The summed E-state index contributed by atoms with van der Waals surface area (Å²) in [5.41, 5.74) is 3.60. The van der Waals surface area contributed by atoms with E-state index in [9.17, 15) is 4.79 Å². The summed E-state index contributed by atoms with van der Waals surface area (Å²) in [4.78, 5) is 14.7. The maximum absolute atomic E-state index is 12.6. The van der Waals surface area contributed by atoms with Gasteiger partial charge in [0.1, 0.15) is 5.75 Å². The van der Waals surface area contributed by atoms with Gasteiger partial charge >= 0.3 is 0 Å². The van der Waals surface area contributed by atoms with E-state index in [-0.39, 0.29) is 5.91 Å². The smallest absolute Gasteiger partial charge is 0.226 e. The SMILES string of the molecule is O=C1CCOc2ccccc2-c2cccc(c2)C[C@H]2CCCCN12. The second kappa shape index (κ2) is 6.68. The van der Waals surface area contributed by atoms with Crippen molar-refractivity contribution in [3.05, 3.63) is 54.1 Å². The van der Waals surface area contributed by atoms with E-state index in [2.05, 4.69) is 35.2 Å². The lowest BCUT2D eigenvalue weighted by atomic mass is 9.93. The van der Waals surface area contributed by atoms with Crippen molar-refractivity contribution >= 4 is 5.91 Å². The lowest BCUT2D eigenvalue weighted by Gasteiger charge is -2.36. The van der Waals surface area contributed by atoms with E-state index in [1.807, 2.05) is 18.2 Å². The predicted octanol–water partition coefficient (Wildman–Crippen LogP) is 4.06. The van der Waals surface area contributed by atoms with E-state index in [0.717, 1.165) is 37.1 Å². The highest BCUT2D eigenvalue weighted by Gasteiger charge is 2.27. The zero-order chi connectivity index (χ0) is 16.4. The molecule has 2 aromatic carbocycles. The van der Waals surface area contributed by atoms with Crippen LogP contribution in [0.25, 0.3) is 11.1 Å². The molecule has 124 valence electrons. The van der Waals surface area contributed by atoms with E-state index < -0.39 is 0 Å². The molecule has 0 spiro atoms. The highest BCUT2D eigenvalue weighted by atomic mass is 16.5. The predicted molar refractivity (Wildman–Crippen MR) is 95.0 cm³/mol. The summed E-state index contributed by atoms with van der Waals surface area (Å²) in [6.07, 6.45) is 4.84. The standard InChI is InChI=1S/C21H23NO2/c23-21-11-13-24-20-10-2-1-9-19(20)17-7-5-6-16(14-17)15-18-8-3-4-12-22(18)21/h1-2,5-7,9-10,14,18H,3-4,8,11-13,15H2/t18-/m1/s1. The van der Waals surface area contributed by atoms with E-state index in [1.54, 1.807) is 0 Å². The first kappa shape index (κ1) is 15.3. The summed E-state index contributed by atoms with van der Waals surface area (Å²) in [7, 11) is 0. The van der Waals surface area contributed by atoms with Crippen LogP contribution in [0.2, 0.25) is 0 Å². The van der Waals surface area contributed by atoms with Gasteiger partial charge in [-0.15, -0.1) is 0 Å². The van der Waals surface area contributed by atoms with Crippen LogP contribution in [-0.4, -0.2) is 30.0 Å². The third-order valence-electron chi connectivity index (χ3n) is 5.12. The van der Waals surface area contributed by atoms with Crippen LogP contribution in [0.1, 0.15) is 31.2 Å². The second-order valence-corrected chi connectivity index (χ2v) is 6.74. The van der Waals surface area contributed by atoms with Gasteiger partial charge in [0.05, 0.1) is 13.0 Å². The summed E-state index contributed by atoms with van der Waals surface area (Å²) in [6.45, 7) is 1.33. The molecule has 2 heterocycles. The average Bonchev–Trinajstić information content (AvgIpc) is 2.62. The van der Waals surface area contributed by atoms with Gasteiger partial charge in [0.2, 0.25) is 5.91 Å². The number of para-hydroxylation sites is 1. The minimum Gasteiger partial charge on any atom is -0.492 e. The van der Waals surface area contributed by atoms with Crippen LogP contribution >= 0.6 is 0 Å². The fourth-order valence-electron chi connectivity index (χ4n) is 3.90. The van der Waals surface area contributed by atoms with Gasteiger partial charge in [-0.2, -0.15) is 0 Å². The molecule has 0 saturated carbocycles. The van der Waals surface area contributed by atoms with Crippen molar-refractivity contribution in [2.75, 3.05) is 13.2 Å². The highest BCUT2D eigenvalue weighted by molar-refractivity contribution is 5.77. The molecule has 2 aliphatic heterocycles. The molecule has 0 aliphatic carbocycles. The molecule has 24 heavy (non-hydrogen) atoms. The van der Waals surface area contributed by atoms with Gasteiger partial charge in [-0.3, -0.25) is 4.79 Å². The summed E-state index contributed by atoms with van der Waals surface area (Å²) >= 11 is 0. The number of ether oxygens (including phenoxy) is 1. The molecule has 3 heteroatoms. The number of piperidine rings is 1. The Morgan fingerprint density at radius 3 is 2.92 bits per heavy atom. The molecule has 0 aromatic heterocycles. The molecule has 1 fully saturated rings. The zero-order valence-electron chi connectivity index (χ0n) is 13.9. The fraction of sp³-hybridized carbons (Fsp3) is 0.381. The number of rotatable bonds is 0.